The normalized spacial score (nSPS) is 10.8. The first kappa shape index (κ1) is 8.84. The highest BCUT2D eigenvalue weighted by molar-refractivity contribution is 5.86. The van der Waals surface area contributed by atoms with Crippen molar-refractivity contribution in [3.63, 3.8) is 0 Å². The van der Waals surface area contributed by atoms with E-state index in [2.05, 4.69) is 15.1 Å². The lowest BCUT2D eigenvalue weighted by atomic mass is 10.3. The van der Waals surface area contributed by atoms with Crippen LogP contribution in [0.2, 0.25) is 0 Å². The predicted molar refractivity (Wildman–Crippen MR) is 61.1 cm³/mol. The van der Waals surface area contributed by atoms with Crippen LogP contribution >= 0.6 is 0 Å². The first-order valence-corrected chi connectivity index (χ1v) is 4.86. The number of nitrogen functional groups attached to an aromatic ring is 1. The number of rotatable bonds is 1. The van der Waals surface area contributed by atoms with Gasteiger partial charge in [0.15, 0.2) is 11.5 Å². The van der Waals surface area contributed by atoms with Crippen molar-refractivity contribution in [2.75, 3.05) is 5.73 Å². The molecule has 0 aliphatic heterocycles. The summed E-state index contributed by atoms with van der Waals surface area (Å²) in [7, 11) is 0. The lowest BCUT2D eigenvalue weighted by Crippen LogP contribution is -1.97. The van der Waals surface area contributed by atoms with Crippen LogP contribution in [0.1, 0.15) is 0 Å². The molecule has 3 aromatic rings. The Bertz CT molecular complexity index is 629. The van der Waals surface area contributed by atoms with Crippen LogP contribution in [0.15, 0.2) is 42.9 Å². The topological polar surface area (TPSA) is 69.6 Å². The van der Waals surface area contributed by atoms with E-state index in [1.54, 1.807) is 10.9 Å². The van der Waals surface area contributed by atoms with Crippen molar-refractivity contribution in [2.45, 2.75) is 0 Å². The van der Waals surface area contributed by atoms with Gasteiger partial charge in [-0.2, -0.15) is 0 Å². The molecule has 0 aliphatic rings. The molecule has 0 saturated heterocycles. The summed E-state index contributed by atoms with van der Waals surface area (Å²) in [5.74, 6) is 0.444. The largest absolute Gasteiger partial charge is 0.382 e. The van der Waals surface area contributed by atoms with E-state index in [9.17, 15) is 0 Å². The van der Waals surface area contributed by atoms with Crippen molar-refractivity contribution in [3.8, 4) is 5.69 Å². The van der Waals surface area contributed by atoms with Gasteiger partial charge in [-0.05, 0) is 12.1 Å². The molecule has 78 valence electrons. The first-order chi connectivity index (χ1) is 7.86. The molecule has 0 aliphatic carbocycles. The molecule has 5 heteroatoms. The van der Waals surface area contributed by atoms with Crippen LogP contribution in [-0.2, 0) is 0 Å². The van der Waals surface area contributed by atoms with Crippen molar-refractivity contribution >= 4 is 16.9 Å². The molecule has 0 bridgehead atoms. The number of nitrogens with zero attached hydrogens (tertiary/aromatic N) is 4. The molecule has 0 atom stereocenters. The molecule has 0 spiro atoms. The summed E-state index contributed by atoms with van der Waals surface area (Å²) < 4.78 is 1.71. The highest BCUT2D eigenvalue weighted by Crippen LogP contribution is 2.20. The van der Waals surface area contributed by atoms with Crippen LogP contribution in [0, 0.1) is 0 Å². The number of benzene rings is 1. The minimum Gasteiger partial charge on any atom is -0.382 e. The fraction of sp³-hybridized carbons (Fsp3) is 0. The summed E-state index contributed by atoms with van der Waals surface area (Å²) in [5, 5.41) is 5.02. The summed E-state index contributed by atoms with van der Waals surface area (Å²) >= 11 is 0. The van der Waals surface area contributed by atoms with Gasteiger partial charge in [0.1, 0.15) is 6.33 Å². The average Bonchev–Trinajstić information content (AvgIpc) is 2.69. The Balaban J connectivity index is 2.33. The molecule has 0 fully saturated rings. The molecule has 0 amide bonds. The number of anilines is 1. The highest BCUT2D eigenvalue weighted by atomic mass is 15.3. The zero-order valence-corrected chi connectivity index (χ0v) is 8.41. The SMILES string of the molecule is Nc1nn(-c2ccccc2)c2ncncc12. The molecule has 2 N–H and O–H groups in total. The third-order valence-corrected chi connectivity index (χ3v) is 2.38. The molecule has 3 rings (SSSR count). The number of hydrogen-bond donors (Lipinski definition) is 1. The number of hydrogen-bond acceptors (Lipinski definition) is 4. The van der Waals surface area contributed by atoms with Crippen molar-refractivity contribution in [2.24, 2.45) is 0 Å². The quantitative estimate of drug-likeness (QED) is 0.660. The van der Waals surface area contributed by atoms with E-state index in [0.717, 1.165) is 16.7 Å². The molecule has 2 aromatic heterocycles. The second-order valence-corrected chi connectivity index (χ2v) is 3.39. The number of aromatic nitrogens is 4. The monoisotopic (exact) mass is 211 g/mol. The lowest BCUT2D eigenvalue weighted by Gasteiger charge is -2.00. The second-order valence-electron chi connectivity index (χ2n) is 3.39. The minimum atomic E-state index is 0.444. The maximum Gasteiger partial charge on any atom is 0.168 e. The smallest absolute Gasteiger partial charge is 0.168 e. The Kier molecular flexibility index (Phi) is 1.83. The zero-order chi connectivity index (χ0) is 11.0. The molecule has 16 heavy (non-hydrogen) atoms. The van der Waals surface area contributed by atoms with Gasteiger partial charge < -0.3 is 5.73 Å². The van der Waals surface area contributed by atoms with Gasteiger partial charge >= 0.3 is 0 Å². The average molecular weight is 211 g/mol. The number of nitrogens with two attached hydrogens (primary N) is 1. The number of fused-ring (bicyclic) bond motifs is 1. The minimum absolute atomic E-state index is 0.444. The fourth-order valence-corrected chi connectivity index (χ4v) is 1.63. The molecular weight excluding hydrogens is 202 g/mol. The Labute approximate surface area is 91.6 Å². The van der Waals surface area contributed by atoms with Gasteiger partial charge in [-0.25, -0.2) is 14.6 Å². The summed E-state index contributed by atoms with van der Waals surface area (Å²) in [4.78, 5) is 8.12. The molecular formula is C11H9N5. The maximum absolute atomic E-state index is 5.80. The van der Waals surface area contributed by atoms with E-state index >= 15 is 0 Å². The van der Waals surface area contributed by atoms with Crippen molar-refractivity contribution in [1.29, 1.82) is 0 Å². The molecule has 1 aromatic carbocycles. The third kappa shape index (κ3) is 1.22. The van der Waals surface area contributed by atoms with Crippen LogP contribution < -0.4 is 5.73 Å². The Morgan fingerprint density at radius 1 is 1.12 bits per heavy atom. The van der Waals surface area contributed by atoms with Crippen LogP contribution in [0.3, 0.4) is 0 Å². The van der Waals surface area contributed by atoms with Crippen molar-refractivity contribution in [1.82, 2.24) is 19.7 Å². The van der Waals surface area contributed by atoms with Gasteiger partial charge in [-0.3, -0.25) is 0 Å². The fourth-order valence-electron chi connectivity index (χ4n) is 1.63. The summed E-state index contributed by atoms with van der Waals surface area (Å²) in [5.41, 5.74) is 7.46. The van der Waals surface area contributed by atoms with Crippen LogP contribution in [-0.4, -0.2) is 19.7 Å². The van der Waals surface area contributed by atoms with E-state index in [1.165, 1.54) is 6.33 Å². The standard InChI is InChI=1S/C11H9N5/c12-10-9-6-13-7-14-11(9)16(15-10)8-4-2-1-3-5-8/h1-7H,(H2,12,15). The maximum atomic E-state index is 5.80. The first-order valence-electron chi connectivity index (χ1n) is 4.86. The summed E-state index contributed by atoms with van der Waals surface area (Å²) in [6.45, 7) is 0. The van der Waals surface area contributed by atoms with E-state index in [4.69, 9.17) is 5.73 Å². The Morgan fingerprint density at radius 3 is 2.75 bits per heavy atom. The van der Waals surface area contributed by atoms with E-state index in [1.807, 2.05) is 30.3 Å². The van der Waals surface area contributed by atoms with Crippen LogP contribution in [0.4, 0.5) is 5.82 Å². The molecule has 0 unspecified atom stereocenters. The zero-order valence-electron chi connectivity index (χ0n) is 8.41. The molecule has 0 radical (unpaired) electrons. The lowest BCUT2D eigenvalue weighted by molar-refractivity contribution is 0.900. The van der Waals surface area contributed by atoms with E-state index < -0.39 is 0 Å². The van der Waals surface area contributed by atoms with Crippen molar-refractivity contribution in [3.05, 3.63) is 42.9 Å². The Hall–Kier alpha value is -2.43. The van der Waals surface area contributed by atoms with Gasteiger partial charge in [0.2, 0.25) is 0 Å². The molecule has 2 heterocycles. The van der Waals surface area contributed by atoms with Gasteiger partial charge in [-0.15, -0.1) is 5.10 Å². The molecule has 0 saturated carbocycles. The van der Waals surface area contributed by atoms with Crippen LogP contribution in [0.5, 0.6) is 0 Å². The van der Waals surface area contributed by atoms with Crippen LogP contribution in [0.25, 0.3) is 16.7 Å². The predicted octanol–water partition coefficient (Wildman–Crippen LogP) is 1.40. The third-order valence-electron chi connectivity index (χ3n) is 2.38. The van der Waals surface area contributed by atoms with E-state index in [0.29, 0.717) is 5.82 Å². The van der Waals surface area contributed by atoms with Gasteiger partial charge in [-0.1, -0.05) is 18.2 Å². The van der Waals surface area contributed by atoms with E-state index in [-0.39, 0.29) is 0 Å². The van der Waals surface area contributed by atoms with Crippen molar-refractivity contribution < 1.29 is 0 Å². The number of para-hydroxylation sites is 1. The highest BCUT2D eigenvalue weighted by Gasteiger charge is 2.09. The summed E-state index contributed by atoms with van der Waals surface area (Å²) in [6.07, 6.45) is 3.16. The Morgan fingerprint density at radius 2 is 1.94 bits per heavy atom. The van der Waals surface area contributed by atoms with Gasteiger partial charge in [0.25, 0.3) is 0 Å². The van der Waals surface area contributed by atoms with Gasteiger partial charge in [0, 0.05) is 6.20 Å². The van der Waals surface area contributed by atoms with Gasteiger partial charge in [0.05, 0.1) is 11.1 Å². The second kappa shape index (κ2) is 3.30. The summed E-state index contributed by atoms with van der Waals surface area (Å²) in [6, 6.07) is 9.75. The molecule has 5 nitrogen and oxygen atoms in total.